The molecule has 1 aromatic carbocycles. The second-order valence-electron chi connectivity index (χ2n) is 5.16. The summed E-state index contributed by atoms with van der Waals surface area (Å²) < 4.78 is 37.5. The lowest BCUT2D eigenvalue weighted by molar-refractivity contribution is 0.0735. The van der Waals surface area contributed by atoms with Gasteiger partial charge in [0.25, 0.3) is 0 Å². The number of fused-ring (bicyclic) bond motifs is 1. The molecule has 116 valence electrons. The van der Waals surface area contributed by atoms with Gasteiger partial charge in [0, 0.05) is 43.1 Å². The summed E-state index contributed by atoms with van der Waals surface area (Å²) in [4.78, 5) is 2.10. The molecule has 1 N–H and O–H groups in total. The standard InChI is InChI=1S/C14H17BrF2N2O2/c15-10-6-13-12(20-8-21-13)5-9(10)11(7-14(16)17)19-3-1-18-2-4-19/h5-6,11,14,18H,1-4,7-8H2/t11-/m1/s1. The minimum Gasteiger partial charge on any atom is -0.454 e. The van der Waals surface area contributed by atoms with Gasteiger partial charge in [-0.1, -0.05) is 15.9 Å². The highest BCUT2D eigenvalue weighted by atomic mass is 79.9. The van der Waals surface area contributed by atoms with Crippen LogP contribution in [0.5, 0.6) is 11.5 Å². The summed E-state index contributed by atoms with van der Waals surface area (Å²) in [5, 5.41) is 3.25. The number of nitrogens with zero attached hydrogens (tertiary/aromatic N) is 1. The van der Waals surface area contributed by atoms with E-state index in [2.05, 4.69) is 26.1 Å². The van der Waals surface area contributed by atoms with E-state index in [1.165, 1.54) is 0 Å². The molecule has 1 atom stereocenters. The first-order chi connectivity index (χ1) is 10.1. The zero-order chi connectivity index (χ0) is 14.8. The summed E-state index contributed by atoms with van der Waals surface area (Å²) in [7, 11) is 0. The molecule has 0 spiro atoms. The van der Waals surface area contributed by atoms with E-state index >= 15 is 0 Å². The van der Waals surface area contributed by atoms with E-state index in [1.54, 1.807) is 6.07 Å². The highest BCUT2D eigenvalue weighted by molar-refractivity contribution is 9.10. The van der Waals surface area contributed by atoms with E-state index in [9.17, 15) is 8.78 Å². The van der Waals surface area contributed by atoms with Crippen molar-refractivity contribution < 1.29 is 18.3 Å². The van der Waals surface area contributed by atoms with Crippen molar-refractivity contribution in [2.45, 2.75) is 18.9 Å². The maximum absolute atomic E-state index is 13.0. The van der Waals surface area contributed by atoms with Crippen LogP contribution in [0.4, 0.5) is 8.78 Å². The molecule has 0 aromatic heterocycles. The molecule has 7 heteroatoms. The maximum atomic E-state index is 13.0. The molecule has 1 saturated heterocycles. The second kappa shape index (κ2) is 6.46. The third-order valence-electron chi connectivity index (χ3n) is 3.84. The Morgan fingerprint density at radius 1 is 1.19 bits per heavy atom. The lowest BCUT2D eigenvalue weighted by atomic mass is 10.0. The number of piperazine rings is 1. The maximum Gasteiger partial charge on any atom is 0.240 e. The zero-order valence-electron chi connectivity index (χ0n) is 11.4. The Kier molecular flexibility index (Phi) is 4.61. The van der Waals surface area contributed by atoms with Crippen LogP contribution in [0.3, 0.4) is 0 Å². The zero-order valence-corrected chi connectivity index (χ0v) is 13.0. The van der Waals surface area contributed by atoms with Gasteiger partial charge in [0.05, 0.1) is 0 Å². The molecule has 4 nitrogen and oxygen atoms in total. The van der Waals surface area contributed by atoms with E-state index in [-0.39, 0.29) is 19.3 Å². The van der Waals surface area contributed by atoms with Crippen LogP contribution in [0.2, 0.25) is 0 Å². The van der Waals surface area contributed by atoms with Crippen molar-refractivity contribution in [1.29, 1.82) is 0 Å². The molecule has 2 heterocycles. The van der Waals surface area contributed by atoms with Gasteiger partial charge in [-0.2, -0.15) is 0 Å². The van der Waals surface area contributed by atoms with Crippen LogP contribution >= 0.6 is 15.9 Å². The number of hydrogen-bond donors (Lipinski definition) is 1. The van der Waals surface area contributed by atoms with Gasteiger partial charge in [-0.3, -0.25) is 4.90 Å². The summed E-state index contributed by atoms with van der Waals surface area (Å²) in [5.41, 5.74) is 0.835. The molecule has 0 bridgehead atoms. The van der Waals surface area contributed by atoms with E-state index in [1.807, 2.05) is 6.07 Å². The molecular formula is C14H17BrF2N2O2. The minimum atomic E-state index is -2.35. The largest absolute Gasteiger partial charge is 0.454 e. The van der Waals surface area contributed by atoms with Crippen LogP contribution in [0.25, 0.3) is 0 Å². The molecule has 0 aliphatic carbocycles. The predicted molar refractivity (Wildman–Crippen MR) is 78.1 cm³/mol. The van der Waals surface area contributed by atoms with Crippen LogP contribution in [0.1, 0.15) is 18.0 Å². The first-order valence-electron chi connectivity index (χ1n) is 6.97. The van der Waals surface area contributed by atoms with Gasteiger partial charge in [-0.25, -0.2) is 8.78 Å². The van der Waals surface area contributed by atoms with Crippen LogP contribution in [-0.2, 0) is 0 Å². The summed E-state index contributed by atoms with van der Waals surface area (Å²) in [6.45, 7) is 3.35. The number of hydrogen-bond acceptors (Lipinski definition) is 4. The summed E-state index contributed by atoms with van der Waals surface area (Å²) in [5.74, 6) is 1.28. The summed E-state index contributed by atoms with van der Waals surface area (Å²) >= 11 is 3.48. The smallest absolute Gasteiger partial charge is 0.240 e. The second-order valence-corrected chi connectivity index (χ2v) is 6.01. The molecule has 1 aromatic rings. The Morgan fingerprint density at radius 3 is 2.52 bits per heavy atom. The van der Waals surface area contributed by atoms with E-state index in [4.69, 9.17) is 9.47 Å². The van der Waals surface area contributed by atoms with E-state index < -0.39 is 6.43 Å². The lowest BCUT2D eigenvalue weighted by Gasteiger charge is -2.35. The van der Waals surface area contributed by atoms with Gasteiger partial charge < -0.3 is 14.8 Å². The number of nitrogens with one attached hydrogen (secondary N) is 1. The average Bonchev–Trinajstić information content (AvgIpc) is 2.92. The molecule has 0 unspecified atom stereocenters. The van der Waals surface area contributed by atoms with Gasteiger partial charge in [0.15, 0.2) is 11.5 Å². The Labute approximate surface area is 130 Å². The third-order valence-corrected chi connectivity index (χ3v) is 4.53. The fraction of sp³-hybridized carbons (Fsp3) is 0.571. The molecule has 2 aliphatic rings. The van der Waals surface area contributed by atoms with Crippen molar-refractivity contribution >= 4 is 15.9 Å². The summed E-state index contributed by atoms with van der Waals surface area (Å²) in [6.07, 6.45) is -2.53. The number of ether oxygens (including phenoxy) is 2. The van der Waals surface area contributed by atoms with Gasteiger partial charge in [-0.05, 0) is 17.7 Å². The number of benzene rings is 1. The van der Waals surface area contributed by atoms with Crippen molar-refractivity contribution in [2.24, 2.45) is 0 Å². The lowest BCUT2D eigenvalue weighted by Crippen LogP contribution is -2.45. The van der Waals surface area contributed by atoms with Crippen molar-refractivity contribution in [1.82, 2.24) is 10.2 Å². The molecule has 3 rings (SSSR count). The molecule has 2 aliphatic heterocycles. The number of alkyl halides is 2. The normalized spacial score (nSPS) is 20.0. The molecule has 0 radical (unpaired) electrons. The predicted octanol–water partition coefficient (Wildman–Crippen LogP) is 2.78. The first kappa shape index (κ1) is 15.0. The fourth-order valence-electron chi connectivity index (χ4n) is 2.82. The van der Waals surface area contributed by atoms with Crippen LogP contribution in [0.15, 0.2) is 16.6 Å². The number of halogens is 3. The SMILES string of the molecule is FC(F)C[C@H](c1cc2c(cc1Br)OCO2)N1CCNCC1. The number of rotatable bonds is 4. The molecule has 1 fully saturated rings. The van der Waals surface area contributed by atoms with Crippen LogP contribution < -0.4 is 14.8 Å². The third kappa shape index (κ3) is 3.30. The topological polar surface area (TPSA) is 33.7 Å². The van der Waals surface area contributed by atoms with Crippen molar-refractivity contribution in [3.63, 3.8) is 0 Å². The molecule has 0 saturated carbocycles. The highest BCUT2D eigenvalue weighted by Crippen LogP contribution is 2.41. The van der Waals surface area contributed by atoms with Crippen LogP contribution in [0, 0.1) is 0 Å². The molecule has 21 heavy (non-hydrogen) atoms. The molecular weight excluding hydrogens is 346 g/mol. The Balaban J connectivity index is 1.91. The van der Waals surface area contributed by atoms with E-state index in [0.717, 1.165) is 36.2 Å². The molecule has 0 amide bonds. The van der Waals surface area contributed by atoms with Crippen molar-refractivity contribution in [3.05, 3.63) is 22.2 Å². The van der Waals surface area contributed by atoms with Gasteiger partial charge >= 0.3 is 0 Å². The van der Waals surface area contributed by atoms with Crippen molar-refractivity contribution in [3.8, 4) is 11.5 Å². The van der Waals surface area contributed by atoms with Gasteiger partial charge in [-0.15, -0.1) is 0 Å². The first-order valence-corrected chi connectivity index (χ1v) is 7.76. The van der Waals surface area contributed by atoms with Crippen LogP contribution in [-0.4, -0.2) is 44.3 Å². The Morgan fingerprint density at radius 2 is 1.86 bits per heavy atom. The van der Waals surface area contributed by atoms with Gasteiger partial charge in [0.2, 0.25) is 13.2 Å². The fourth-order valence-corrected chi connectivity index (χ4v) is 3.41. The summed E-state index contributed by atoms with van der Waals surface area (Å²) in [6, 6.07) is 3.30. The minimum absolute atomic E-state index is 0.179. The Bertz CT molecular complexity index is 510. The Hall–Kier alpha value is -0.920. The highest BCUT2D eigenvalue weighted by Gasteiger charge is 2.29. The monoisotopic (exact) mass is 362 g/mol. The quantitative estimate of drug-likeness (QED) is 0.892. The van der Waals surface area contributed by atoms with Gasteiger partial charge in [0.1, 0.15) is 0 Å². The average molecular weight is 363 g/mol. The van der Waals surface area contributed by atoms with Crippen molar-refractivity contribution in [2.75, 3.05) is 33.0 Å². The van der Waals surface area contributed by atoms with E-state index in [0.29, 0.717) is 11.5 Å².